The van der Waals surface area contributed by atoms with Crippen LogP contribution in [0.2, 0.25) is 0 Å². The molecule has 0 heterocycles. The van der Waals surface area contributed by atoms with Crippen molar-refractivity contribution in [3.8, 4) is 5.75 Å². The van der Waals surface area contributed by atoms with Crippen molar-refractivity contribution < 1.29 is 14.3 Å². The smallest absolute Gasteiger partial charge is 0.243 e. The van der Waals surface area contributed by atoms with Crippen LogP contribution in [0.25, 0.3) is 0 Å². The number of amides is 2. The van der Waals surface area contributed by atoms with Gasteiger partial charge in [0.25, 0.3) is 0 Å². The van der Waals surface area contributed by atoms with Crippen molar-refractivity contribution in [3.05, 3.63) is 24.3 Å². The number of hydrogen-bond donors (Lipinski definition) is 2. The summed E-state index contributed by atoms with van der Waals surface area (Å²) in [5.74, 6) is 0.235. The van der Waals surface area contributed by atoms with Gasteiger partial charge in [0.2, 0.25) is 11.8 Å². The molecule has 0 aliphatic rings. The van der Waals surface area contributed by atoms with E-state index in [4.69, 9.17) is 4.74 Å². The Kier molecular flexibility index (Phi) is 6.03. The standard InChI is InChI=1S/C15H22N2O3/c1-10(2)15(19)16-9-14(18)17-12-5-7-13(8-6-12)20-11(3)4/h5-8,10-11H,9H2,1-4H3,(H,16,19)(H,17,18). The molecule has 2 N–H and O–H groups in total. The number of anilines is 1. The Morgan fingerprint density at radius 2 is 1.70 bits per heavy atom. The summed E-state index contributed by atoms with van der Waals surface area (Å²) in [4.78, 5) is 23.0. The number of rotatable bonds is 6. The zero-order valence-electron chi connectivity index (χ0n) is 12.4. The summed E-state index contributed by atoms with van der Waals surface area (Å²) in [6.07, 6.45) is 0.113. The van der Waals surface area contributed by atoms with Crippen LogP contribution in [0.5, 0.6) is 5.75 Å². The van der Waals surface area contributed by atoms with Crippen molar-refractivity contribution in [1.29, 1.82) is 0 Å². The summed E-state index contributed by atoms with van der Waals surface area (Å²) < 4.78 is 5.51. The van der Waals surface area contributed by atoms with Gasteiger partial charge >= 0.3 is 0 Å². The van der Waals surface area contributed by atoms with Gasteiger partial charge in [0, 0.05) is 11.6 Å². The van der Waals surface area contributed by atoms with E-state index < -0.39 is 0 Å². The molecule has 0 bridgehead atoms. The van der Waals surface area contributed by atoms with Crippen LogP contribution in [0.3, 0.4) is 0 Å². The van der Waals surface area contributed by atoms with Gasteiger partial charge in [0.1, 0.15) is 5.75 Å². The quantitative estimate of drug-likeness (QED) is 0.838. The summed E-state index contributed by atoms with van der Waals surface area (Å²) >= 11 is 0. The third kappa shape index (κ3) is 5.73. The monoisotopic (exact) mass is 278 g/mol. The lowest BCUT2D eigenvalue weighted by Crippen LogP contribution is -2.35. The molecular weight excluding hydrogens is 256 g/mol. The van der Waals surface area contributed by atoms with E-state index in [1.807, 2.05) is 13.8 Å². The van der Waals surface area contributed by atoms with Gasteiger partial charge in [-0.1, -0.05) is 13.8 Å². The lowest BCUT2D eigenvalue weighted by atomic mass is 10.2. The van der Waals surface area contributed by atoms with Crippen molar-refractivity contribution in [1.82, 2.24) is 5.32 Å². The van der Waals surface area contributed by atoms with E-state index >= 15 is 0 Å². The molecule has 0 radical (unpaired) electrons. The molecule has 2 amide bonds. The molecule has 0 saturated heterocycles. The van der Waals surface area contributed by atoms with Crippen molar-refractivity contribution in [3.63, 3.8) is 0 Å². The molecule has 20 heavy (non-hydrogen) atoms. The Morgan fingerprint density at radius 1 is 1.10 bits per heavy atom. The summed E-state index contributed by atoms with van der Waals surface area (Å²) in [6, 6.07) is 7.12. The average molecular weight is 278 g/mol. The average Bonchev–Trinajstić information content (AvgIpc) is 2.37. The summed E-state index contributed by atoms with van der Waals surface area (Å²) in [6.45, 7) is 7.43. The number of ether oxygens (including phenoxy) is 1. The maximum absolute atomic E-state index is 11.6. The SMILES string of the molecule is CC(C)Oc1ccc(NC(=O)CNC(=O)C(C)C)cc1. The molecule has 0 aliphatic heterocycles. The van der Waals surface area contributed by atoms with E-state index in [0.29, 0.717) is 5.69 Å². The van der Waals surface area contributed by atoms with Crippen LogP contribution in [-0.2, 0) is 9.59 Å². The second-order valence-electron chi connectivity index (χ2n) is 5.11. The minimum atomic E-state index is -0.253. The Morgan fingerprint density at radius 3 is 2.20 bits per heavy atom. The molecule has 1 aromatic carbocycles. The van der Waals surface area contributed by atoms with Gasteiger partial charge in [-0.2, -0.15) is 0 Å². The molecule has 5 nitrogen and oxygen atoms in total. The van der Waals surface area contributed by atoms with Gasteiger partial charge in [0.15, 0.2) is 0 Å². The van der Waals surface area contributed by atoms with Crippen molar-refractivity contribution >= 4 is 17.5 Å². The highest BCUT2D eigenvalue weighted by Gasteiger charge is 2.09. The maximum atomic E-state index is 11.6. The minimum absolute atomic E-state index is 0.0265. The highest BCUT2D eigenvalue weighted by Crippen LogP contribution is 2.16. The zero-order chi connectivity index (χ0) is 15.1. The number of nitrogens with one attached hydrogen (secondary N) is 2. The first-order valence-electron chi connectivity index (χ1n) is 6.72. The summed E-state index contributed by atoms with van der Waals surface area (Å²) in [7, 11) is 0. The third-order valence-corrected chi connectivity index (χ3v) is 2.46. The number of carbonyl (C=O) groups excluding carboxylic acids is 2. The minimum Gasteiger partial charge on any atom is -0.491 e. The van der Waals surface area contributed by atoms with E-state index in [2.05, 4.69) is 10.6 Å². The topological polar surface area (TPSA) is 67.4 Å². The third-order valence-electron chi connectivity index (χ3n) is 2.46. The van der Waals surface area contributed by atoms with Crippen LogP contribution in [0.4, 0.5) is 5.69 Å². The molecule has 0 atom stereocenters. The first kappa shape index (κ1) is 16.0. The lowest BCUT2D eigenvalue weighted by molar-refractivity contribution is -0.126. The predicted octanol–water partition coefficient (Wildman–Crippen LogP) is 2.18. The van der Waals surface area contributed by atoms with Gasteiger partial charge in [-0.25, -0.2) is 0 Å². The summed E-state index contributed by atoms with van der Waals surface area (Å²) in [5, 5.41) is 5.27. The van der Waals surface area contributed by atoms with E-state index in [0.717, 1.165) is 5.75 Å². The van der Waals surface area contributed by atoms with Crippen molar-refractivity contribution in [2.75, 3.05) is 11.9 Å². The van der Waals surface area contributed by atoms with Crippen LogP contribution in [0, 0.1) is 5.92 Å². The van der Waals surface area contributed by atoms with E-state index in [9.17, 15) is 9.59 Å². The second-order valence-corrected chi connectivity index (χ2v) is 5.11. The normalized spacial score (nSPS) is 10.5. The molecule has 0 spiro atoms. The predicted molar refractivity (Wildman–Crippen MR) is 78.7 cm³/mol. The lowest BCUT2D eigenvalue weighted by Gasteiger charge is -2.11. The van der Waals surface area contributed by atoms with Gasteiger partial charge in [0.05, 0.1) is 12.6 Å². The zero-order valence-corrected chi connectivity index (χ0v) is 12.4. The Balaban J connectivity index is 2.44. The number of benzene rings is 1. The fourth-order valence-electron chi connectivity index (χ4n) is 1.47. The highest BCUT2D eigenvalue weighted by molar-refractivity contribution is 5.94. The Hall–Kier alpha value is -2.04. The van der Waals surface area contributed by atoms with E-state index in [-0.39, 0.29) is 30.4 Å². The molecule has 0 aromatic heterocycles. The first-order valence-corrected chi connectivity index (χ1v) is 6.72. The van der Waals surface area contributed by atoms with Crippen LogP contribution in [0.15, 0.2) is 24.3 Å². The van der Waals surface area contributed by atoms with Crippen LogP contribution >= 0.6 is 0 Å². The molecule has 0 saturated carbocycles. The number of carbonyl (C=O) groups is 2. The molecule has 0 unspecified atom stereocenters. The number of hydrogen-bond acceptors (Lipinski definition) is 3. The van der Waals surface area contributed by atoms with Gasteiger partial charge in [-0.15, -0.1) is 0 Å². The molecule has 110 valence electrons. The van der Waals surface area contributed by atoms with Crippen LogP contribution in [-0.4, -0.2) is 24.5 Å². The molecule has 5 heteroatoms. The van der Waals surface area contributed by atoms with Gasteiger partial charge in [-0.3, -0.25) is 9.59 Å². The van der Waals surface area contributed by atoms with Crippen LogP contribution in [0.1, 0.15) is 27.7 Å². The van der Waals surface area contributed by atoms with Crippen molar-refractivity contribution in [2.24, 2.45) is 5.92 Å². The van der Waals surface area contributed by atoms with Crippen molar-refractivity contribution in [2.45, 2.75) is 33.8 Å². The molecule has 1 aromatic rings. The fraction of sp³-hybridized carbons (Fsp3) is 0.467. The van der Waals surface area contributed by atoms with E-state index in [1.165, 1.54) is 0 Å². The highest BCUT2D eigenvalue weighted by atomic mass is 16.5. The second kappa shape index (κ2) is 7.53. The Labute approximate surface area is 119 Å². The van der Waals surface area contributed by atoms with Crippen LogP contribution < -0.4 is 15.4 Å². The summed E-state index contributed by atoms with van der Waals surface area (Å²) in [5.41, 5.74) is 0.671. The van der Waals surface area contributed by atoms with E-state index in [1.54, 1.807) is 38.1 Å². The Bertz CT molecular complexity index is 453. The molecule has 1 rings (SSSR count). The largest absolute Gasteiger partial charge is 0.491 e. The van der Waals surface area contributed by atoms with Gasteiger partial charge < -0.3 is 15.4 Å². The molecular formula is C15H22N2O3. The first-order chi connectivity index (χ1) is 9.38. The van der Waals surface area contributed by atoms with Gasteiger partial charge in [-0.05, 0) is 38.1 Å². The maximum Gasteiger partial charge on any atom is 0.243 e. The fourth-order valence-corrected chi connectivity index (χ4v) is 1.47. The molecule has 0 aliphatic carbocycles. The molecule has 0 fully saturated rings.